The van der Waals surface area contributed by atoms with E-state index in [0.717, 1.165) is 39.4 Å². The van der Waals surface area contributed by atoms with Gasteiger partial charge in [0.15, 0.2) is 0 Å². The molecule has 0 unspecified atom stereocenters. The first-order valence-electron chi connectivity index (χ1n) is 6.41. The minimum Gasteiger partial charge on any atom is -0.379 e. The van der Waals surface area contributed by atoms with Crippen molar-refractivity contribution in [3.8, 4) is 0 Å². The van der Waals surface area contributed by atoms with Gasteiger partial charge >= 0.3 is 0 Å². The Hall–Kier alpha value is -0.420. The van der Waals surface area contributed by atoms with Crippen molar-refractivity contribution in [3.05, 3.63) is 21.9 Å². The highest BCUT2D eigenvalue weighted by atomic mass is 32.1. The summed E-state index contributed by atoms with van der Waals surface area (Å²) in [7, 11) is 0. The Morgan fingerprint density at radius 3 is 2.88 bits per heavy atom. The van der Waals surface area contributed by atoms with Gasteiger partial charge in [0, 0.05) is 29.4 Å². The van der Waals surface area contributed by atoms with E-state index in [1.807, 2.05) is 11.3 Å². The van der Waals surface area contributed by atoms with E-state index in [4.69, 9.17) is 4.74 Å². The van der Waals surface area contributed by atoms with Gasteiger partial charge in [0.25, 0.3) is 0 Å². The molecule has 17 heavy (non-hydrogen) atoms. The number of rotatable bonds is 6. The molecule has 1 aromatic rings. The second-order valence-electron chi connectivity index (χ2n) is 4.50. The molecule has 0 atom stereocenters. The van der Waals surface area contributed by atoms with Crippen LogP contribution in [0.15, 0.2) is 12.1 Å². The molecule has 0 spiro atoms. The molecule has 96 valence electrons. The van der Waals surface area contributed by atoms with Gasteiger partial charge in [-0.15, -0.1) is 11.3 Å². The van der Waals surface area contributed by atoms with Crippen LogP contribution in [0.5, 0.6) is 0 Å². The number of ether oxygens (including phenoxy) is 1. The van der Waals surface area contributed by atoms with Crippen molar-refractivity contribution in [3.63, 3.8) is 0 Å². The Balaban J connectivity index is 1.51. The standard InChI is InChI=1S/C13H22N2OS/c1-12-3-4-13(17-12)11-14-5-2-6-15-7-9-16-10-8-15/h3-4,14H,2,5-11H2,1H3. The largest absolute Gasteiger partial charge is 0.379 e. The minimum atomic E-state index is 0.905. The number of morpholine rings is 1. The minimum absolute atomic E-state index is 0.905. The van der Waals surface area contributed by atoms with E-state index >= 15 is 0 Å². The van der Waals surface area contributed by atoms with Crippen LogP contribution in [0, 0.1) is 6.92 Å². The lowest BCUT2D eigenvalue weighted by Crippen LogP contribution is -2.37. The maximum absolute atomic E-state index is 5.33. The topological polar surface area (TPSA) is 24.5 Å². The number of thiophene rings is 1. The van der Waals surface area contributed by atoms with Gasteiger partial charge in [0.1, 0.15) is 0 Å². The monoisotopic (exact) mass is 254 g/mol. The van der Waals surface area contributed by atoms with Gasteiger partial charge in [-0.3, -0.25) is 4.90 Å². The summed E-state index contributed by atoms with van der Waals surface area (Å²) >= 11 is 1.88. The van der Waals surface area contributed by atoms with Crippen molar-refractivity contribution in [2.24, 2.45) is 0 Å². The van der Waals surface area contributed by atoms with Gasteiger partial charge in [-0.05, 0) is 38.6 Å². The first-order chi connectivity index (χ1) is 8.34. The lowest BCUT2D eigenvalue weighted by atomic mass is 10.3. The predicted octanol–water partition coefficient (Wildman–Crippen LogP) is 1.87. The van der Waals surface area contributed by atoms with E-state index in [1.54, 1.807) is 0 Å². The third kappa shape index (κ3) is 4.76. The lowest BCUT2D eigenvalue weighted by molar-refractivity contribution is 0.0374. The molecule has 1 fully saturated rings. The van der Waals surface area contributed by atoms with Crippen LogP contribution in [0.3, 0.4) is 0 Å². The van der Waals surface area contributed by atoms with Crippen molar-refractivity contribution < 1.29 is 4.74 Å². The molecule has 2 heterocycles. The molecule has 0 aromatic carbocycles. The van der Waals surface area contributed by atoms with Crippen LogP contribution >= 0.6 is 11.3 Å². The second kappa shape index (κ2) is 7.11. The molecule has 4 heteroatoms. The average molecular weight is 254 g/mol. The number of hydrogen-bond acceptors (Lipinski definition) is 4. The molecule has 1 aliphatic rings. The third-order valence-corrected chi connectivity index (χ3v) is 4.03. The van der Waals surface area contributed by atoms with Crippen LogP contribution in [0.25, 0.3) is 0 Å². The van der Waals surface area contributed by atoms with Crippen molar-refractivity contribution in [1.29, 1.82) is 0 Å². The van der Waals surface area contributed by atoms with Crippen molar-refractivity contribution in [1.82, 2.24) is 10.2 Å². The van der Waals surface area contributed by atoms with Gasteiger partial charge in [0.05, 0.1) is 13.2 Å². The zero-order valence-corrected chi connectivity index (χ0v) is 11.4. The maximum Gasteiger partial charge on any atom is 0.0594 e. The van der Waals surface area contributed by atoms with E-state index in [0.29, 0.717) is 0 Å². The lowest BCUT2D eigenvalue weighted by Gasteiger charge is -2.26. The van der Waals surface area contributed by atoms with Gasteiger partial charge in [-0.2, -0.15) is 0 Å². The van der Waals surface area contributed by atoms with E-state index in [1.165, 1.54) is 22.7 Å². The molecule has 3 nitrogen and oxygen atoms in total. The number of nitrogens with one attached hydrogen (secondary N) is 1. The molecule has 0 aliphatic carbocycles. The second-order valence-corrected chi connectivity index (χ2v) is 5.87. The van der Waals surface area contributed by atoms with Gasteiger partial charge < -0.3 is 10.1 Å². The molecular weight excluding hydrogens is 232 g/mol. The normalized spacial score (nSPS) is 17.5. The molecule has 0 amide bonds. The van der Waals surface area contributed by atoms with E-state index < -0.39 is 0 Å². The molecule has 0 radical (unpaired) electrons. The molecule has 2 rings (SSSR count). The highest BCUT2D eigenvalue weighted by Gasteiger charge is 2.08. The van der Waals surface area contributed by atoms with E-state index in [2.05, 4.69) is 29.3 Å². The summed E-state index contributed by atoms with van der Waals surface area (Å²) < 4.78 is 5.33. The summed E-state index contributed by atoms with van der Waals surface area (Å²) in [6.45, 7) is 9.49. The Morgan fingerprint density at radius 2 is 2.18 bits per heavy atom. The number of nitrogens with zero attached hydrogens (tertiary/aromatic N) is 1. The van der Waals surface area contributed by atoms with Crippen LogP contribution in [-0.2, 0) is 11.3 Å². The van der Waals surface area contributed by atoms with Gasteiger partial charge in [-0.1, -0.05) is 0 Å². The smallest absolute Gasteiger partial charge is 0.0594 e. The SMILES string of the molecule is Cc1ccc(CNCCCN2CCOCC2)s1. The van der Waals surface area contributed by atoms with Crippen LogP contribution < -0.4 is 5.32 Å². The summed E-state index contributed by atoms with van der Waals surface area (Å²) in [6, 6.07) is 4.41. The zero-order chi connectivity index (χ0) is 11.9. The van der Waals surface area contributed by atoms with Crippen molar-refractivity contribution in [2.45, 2.75) is 19.9 Å². The highest BCUT2D eigenvalue weighted by molar-refractivity contribution is 7.11. The van der Waals surface area contributed by atoms with E-state index in [9.17, 15) is 0 Å². The Kier molecular flexibility index (Phi) is 5.45. The van der Waals surface area contributed by atoms with Crippen LogP contribution in [0.1, 0.15) is 16.2 Å². The molecule has 1 aliphatic heterocycles. The predicted molar refractivity (Wildman–Crippen MR) is 72.6 cm³/mol. The van der Waals surface area contributed by atoms with Crippen LogP contribution in [0.2, 0.25) is 0 Å². The van der Waals surface area contributed by atoms with Crippen LogP contribution in [0.4, 0.5) is 0 Å². The summed E-state index contributed by atoms with van der Waals surface area (Å²) in [5, 5.41) is 3.51. The first kappa shape index (κ1) is 13.0. The fourth-order valence-electron chi connectivity index (χ4n) is 2.04. The first-order valence-corrected chi connectivity index (χ1v) is 7.22. The van der Waals surface area contributed by atoms with Crippen LogP contribution in [-0.4, -0.2) is 44.3 Å². The quantitative estimate of drug-likeness (QED) is 0.784. The van der Waals surface area contributed by atoms with Crippen molar-refractivity contribution in [2.75, 3.05) is 39.4 Å². The molecule has 0 bridgehead atoms. The summed E-state index contributed by atoms with van der Waals surface area (Å²) in [4.78, 5) is 5.32. The fourth-order valence-corrected chi connectivity index (χ4v) is 2.90. The summed E-state index contributed by atoms with van der Waals surface area (Å²) in [6.07, 6.45) is 1.23. The molecule has 1 N–H and O–H groups in total. The Bertz CT molecular complexity index is 321. The zero-order valence-electron chi connectivity index (χ0n) is 10.6. The van der Waals surface area contributed by atoms with Gasteiger partial charge in [-0.25, -0.2) is 0 Å². The molecule has 1 aromatic heterocycles. The maximum atomic E-state index is 5.33. The average Bonchev–Trinajstić information content (AvgIpc) is 2.76. The van der Waals surface area contributed by atoms with E-state index in [-0.39, 0.29) is 0 Å². The summed E-state index contributed by atoms with van der Waals surface area (Å²) in [5.41, 5.74) is 0. The highest BCUT2D eigenvalue weighted by Crippen LogP contribution is 2.14. The molecule has 1 saturated heterocycles. The third-order valence-electron chi connectivity index (χ3n) is 3.03. The number of hydrogen-bond donors (Lipinski definition) is 1. The molecule has 0 saturated carbocycles. The number of aryl methyl sites for hydroxylation is 1. The Labute approximate surface area is 108 Å². The molecular formula is C13H22N2OS. The Morgan fingerprint density at radius 1 is 1.35 bits per heavy atom. The van der Waals surface area contributed by atoms with Crippen molar-refractivity contribution >= 4 is 11.3 Å². The summed E-state index contributed by atoms with van der Waals surface area (Å²) in [5.74, 6) is 0. The fraction of sp³-hybridized carbons (Fsp3) is 0.692. The van der Waals surface area contributed by atoms with Gasteiger partial charge in [0.2, 0.25) is 0 Å².